The van der Waals surface area contributed by atoms with E-state index >= 15 is 0 Å². The van der Waals surface area contributed by atoms with Gasteiger partial charge in [0.15, 0.2) is 0 Å². The van der Waals surface area contributed by atoms with Crippen molar-refractivity contribution in [3.05, 3.63) is 59.3 Å². The minimum Gasteiger partial charge on any atom is -0.383 e. The Balaban J connectivity index is 1.84. The van der Waals surface area contributed by atoms with Gasteiger partial charge in [0.25, 0.3) is 5.91 Å². The summed E-state index contributed by atoms with van der Waals surface area (Å²) in [5.74, 6) is -0.334. The number of hydrazine groups is 1. The van der Waals surface area contributed by atoms with Crippen LogP contribution in [0.1, 0.15) is 11.3 Å². The number of anilines is 2. The SMILES string of the molecule is COCCNc1ncc(-c2cc(NC(=O)C3=CNN(C)C(C(F)(F)F)=C3)cnc2C)cc1C#N. The number of aromatic nitrogens is 2. The lowest BCUT2D eigenvalue weighted by Gasteiger charge is -2.27. The zero-order valence-corrected chi connectivity index (χ0v) is 18.6. The highest BCUT2D eigenvalue weighted by Gasteiger charge is 2.38. The highest BCUT2D eigenvalue weighted by Crippen LogP contribution is 2.30. The van der Waals surface area contributed by atoms with E-state index in [1.807, 2.05) is 0 Å². The van der Waals surface area contributed by atoms with Crippen molar-refractivity contribution in [2.24, 2.45) is 0 Å². The molecule has 0 bridgehead atoms. The van der Waals surface area contributed by atoms with E-state index < -0.39 is 17.8 Å². The van der Waals surface area contributed by atoms with Crippen LogP contribution in [0, 0.1) is 18.3 Å². The van der Waals surface area contributed by atoms with Gasteiger partial charge in [-0.2, -0.15) is 18.4 Å². The molecule has 0 aliphatic carbocycles. The van der Waals surface area contributed by atoms with Gasteiger partial charge < -0.3 is 20.8 Å². The van der Waals surface area contributed by atoms with E-state index in [2.05, 4.69) is 32.1 Å². The molecule has 9 nitrogen and oxygen atoms in total. The number of allylic oxidation sites excluding steroid dienone is 1. The van der Waals surface area contributed by atoms with E-state index in [9.17, 15) is 23.2 Å². The molecule has 2 aromatic rings. The third kappa shape index (κ3) is 5.62. The molecule has 3 N–H and O–H groups in total. The van der Waals surface area contributed by atoms with E-state index in [-0.39, 0.29) is 11.3 Å². The van der Waals surface area contributed by atoms with Gasteiger partial charge in [-0.1, -0.05) is 0 Å². The summed E-state index contributed by atoms with van der Waals surface area (Å²) in [7, 11) is 2.76. The van der Waals surface area contributed by atoms with Crippen LogP contribution < -0.4 is 16.1 Å². The molecular formula is C22H22F3N7O2. The first kappa shape index (κ1) is 24.5. The average Bonchev–Trinajstić information content (AvgIpc) is 2.80. The molecule has 0 atom stereocenters. The van der Waals surface area contributed by atoms with Crippen LogP contribution >= 0.6 is 0 Å². The zero-order chi connectivity index (χ0) is 24.9. The molecule has 1 aliphatic heterocycles. The molecule has 0 saturated heterocycles. The highest BCUT2D eigenvalue weighted by atomic mass is 19.4. The predicted molar refractivity (Wildman–Crippen MR) is 119 cm³/mol. The monoisotopic (exact) mass is 473 g/mol. The minimum absolute atomic E-state index is 0.201. The Hall–Kier alpha value is -4.11. The highest BCUT2D eigenvalue weighted by molar-refractivity contribution is 6.06. The number of nitrogens with zero attached hydrogens (tertiary/aromatic N) is 4. The number of hydrogen-bond acceptors (Lipinski definition) is 8. The lowest BCUT2D eigenvalue weighted by atomic mass is 10.0. The van der Waals surface area contributed by atoms with E-state index in [1.54, 1.807) is 32.4 Å². The maximum absolute atomic E-state index is 13.2. The van der Waals surface area contributed by atoms with Crippen LogP contribution in [0.15, 0.2) is 48.1 Å². The number of halogens is 3. The number of ether oxygens (including phenoxy) is 1. The van der Waals surface area contributed by atoms with Gasteiger partial charge in [-0.05, 0) is 25.1 Å². The number of carbonyl (C=O) groups excluding carboxylic acids is 1. The molecule has 0 radical (unpaired) electrons. The maximum atomic E-state index is 13.2. The molecule has 3 rings (SSSR count). The molecule has 0 saturated carbocycles. The smallest absolute Gasteiger partial charge is 0.383 e. The third-order valence-corrected chi connectivity index (χ3v) is 4.88. The molecule has 1 amide bonds. The second-order valence-electron chi connectivity index (χ2n) is 7.28. The van der Waals surface area contributed by atoms with Gasteiger partial charge in [0, 0.05) is 49.9 Å². The Bertz CT molecular complexity index is 1190. The normalized spacial score (nSPS) is 13.4. The Morgan fingerprint density at radius 3 is 2.74 bits per heavy atom. The Morgan fingerprint density at radius 1 is 1.29 bits per heavy atom. The summed E-state index contributed by atoms with van der Waals surface area (Å²) in [6, 6.07) is 5.35. The number of nitriles is 1. The number of carbonyl (C=O) groups is 1. The van der Waals surface area contributed by atoms with Crippen molar-refractivity contribution in [3.63, 3.8) is 0 Å². The van der Waals surface area contributed by atoms with E-state index in [0.29, 0.717) is 41.4 Å². The van der Waals surface area contributed by atoms with Crippen molar-refractivity contribution in [2.45, 2.75) is 13.1 Å². The minimum atomic E-state index is -4.63. The van der Waals surface area contributed by atoms with Gasteiger partial charge in [-0.3, -0.25) is 14.8 Å². The second-order valence-corrected chi connectivity index (χ2v) is 7.28. The van der Waals surface area contributed by atoms with Crippen molar-refractivity contribution < 1.29 is 22.7 Å². The Labute approximate surface area is 193 Å². The molecular weight excluding hydrogens is 451 g/mol. The van der Waals surface area contributed by atoms with Crippen molar-refractivity contribution >= 4 is 17.4 Å². The molecule has 12 heteroatoms. The van der Waals surface area contributed by atoms with E-state index in [4.69, 9.17) is 4.74 Å². The number of hydrogen-bond donors (Lipinski definition) is 3. The number of methoxy groups -OCH3 is 1. The summed E-state index contributed by atoms with van der Waals surface area (Å²) in [6.07, 6.45) is 0.259. The first-order valence-electron chi connectivity index (χ1n) is 10.0. The number of aryl methyl sites for hydroxylation is 1. The molecule has 0 unspecified atom stereocenters. The molecule has 1 aliphatic rings. The molecule has 0 fully saturated rings. The summed E-state index contributed by atoms with van der Waals surface area (Å²) < 4.78 is 44.5. The fraction of sp³-hybridized carbons (Fsp3) is 0.273. The summed E-state index contributed by atoms with van der Waals surface area (Å²) in [4.78, 5) is 21.2. The Kier molecular flexibility index (Phi) is 7.37. The topological polar surface area (TPSA) is 115 Å². The molecule has 178 valence electrons. The van der Waals surface area contributed by atoms with Gasteiger partial charge in [-0.15, -0.1) is 0 Å². The van der Waals surface area contributed by atoms with Crippen molar-refractivity contribution in [3.8, 4) is 17.2 Å². The van der Waals surface area contributed by atoms with Crippen LogP contribution in [0.2, 0.25) is 0 Å². The largest absolute Gasteiger partial charge is 0.432 e. The van der Waals surface area contributed by atoms with Crippen molar-refractivity contribution in [2.75, 3.05) is 37.9 Å². The fourth-order valence-corrected chi connectivity index (χ4v) is 3.13. The first-order valence-corrected chi connectivity index (χ1v) is 10.0. The van der Waals surface area contributed by atoms with Gasteiger partial charge in [0.05, 0.1) is 29.6 Å². The quantitative estimate of drug-likeness (QED) is 0.526. The van der Waals surface area contributed by atoms with Crippen LogP contribution in [0.25, 0.3) is 11.1 Å². The third-order valence-electron chi connectivity index (χ3n) is 4.88. The summed E-state index contributed by atoms with van der Waals surface area (Å²) in [5.41, 5.74) is 3.58. The van der Waals surface area contributed by atoms with Gasteiger partial charge >= 0.3 is 6.18 Å². The zero-order valence-electron chi connectivity index (χ0n) is 18.6. The number of pyridine rings is 2. The van der Waals surface area contributed by atoms with Gasteiger partial charge in [0.1, 0.15) is 17.6 Å². The standard InChI is InChI=1S/C22H22F3N7O2/c1-13-18(15-6-14(9-26)20(29-10-15)27-4-5-34-3)8-17(12-28-13)31-21(33)16-7-19(22(23,24)25)32(2)30-11-16/h6-8,10-12,30H,4-5H2,1-3H3,(H,27,29)(H,31,33). The van der Waals surface area contributed by atoms with Gasteiger partial charge in [0.2, 0.25) is 0 Å². The van der Waals surface area contributed by atoms with E-state index in [1.165, 1.54) is 19.4 Å². The molecule has 0 spiro atoms. The van der Waals surface area contributed by atoms with Crippen LogP contribution in [-0.2, 0) is 9.53 Å². The molecule has 34 heavy (non-hydrogen) atoms. The van der Waals surface area contributed by atoms with Crippen molar-refractivity contribution in [1.82, 2.24) is 20.4 Å². The number of rotatable bonds is 7. The number of amides is 1. The lowest BCUT2D eigenvalue weighted by Crippen LogP contribution is -2.39. The summed E-state index contributed by atoms with van der Waals surface area (Å²) in [6.45, 7) is 2.67. The van der Waals surface area contributed by atoms with Crippen LogP contribution in [0.3, 0.4) is 0 Å². The second kappa shape index (κ2) is 10.2. The Morgan fingerprint density at radius 2 is 2.06 bits per heavy atom. The molecule has 2 aromatic heterocycles. The van der Waals surface area contributed by atoms with Crippen LogP contribution in [0.5, 0.6) is 0 Å². The lowest BCUT2D eigenvalue weighted by molar-refractivity contribution is -0.114. The molecule has 3 heterocycles. The number of alkyl halides is 3. The average molecular weight is 473 g/mol. The fourth-order valence-electron chi connectivity index (χ4n) is 3.13. The molecule has 0 aromatic carbocycles. The number of nitrogens with one attached hydrogen (secondary N) is 3. The van der Waals surface area contributed by atoms with Crippen LogP contribution in [-0.4, -0.2) is 54.4 Å². The van der Waals surface area contributed by atoms with E-state index in [0.717, 1.165) is 11.1 Å². The van der Waals surface area contributed by atoms with Crippen molar-refractivity contribution in [1.29, 1.82) is 5.26 Å². The summed E-state index contributed by atoms with van der Waals surface area (Å²) >= 11 is 0. The van der Waals surface area contributed by atoms with Crippen LogP contribution in [0.4, 0.5) is 24.7 Å². The first-order chi connectivity index (χ1) is 16.1. The predicted octanol–water partition coefficient (Wildman–Crippen LogP) is 3.10. The summed E-state index contributed by atoms with van der Waals surface area (Å²) in [5, 5.41) is 15.8. The van der Waals surface area contributed by atoms with Gasteiger partial charge in [-0.25, -0.2) is 4.98 Å². The maximum Gasteiger partial charge on any atom is 0.432 e.